The van der Waals surface area contributed by atoms with Crippen LogP contribution in [-0.2, 0) is 11.2 Å². The van der Waals surface area contributed by atoms with Gasteiger partial charge in [0, 0.05) is 60.6 Å². The number of nitrogens with one attached hydrogen (secondary N) is 1. The lowest BCUT2D eigenvalue weighted by atomic mass is 9.85. The second kappa shape index (κ2) is 8.60. The van der Waals surface area contributed by atoms with Gasteiger partial charge >= 0.3 is 0 Å². The van der Waals surface area contributed by atoms with Crippen molar-refractivity contribution < 1.29 is 13.6 Å². The number of piperidine rings is 1. The van der Waals surface area contributed by atoms with Crippen LogP contribution in [0.2, 0.25) is 5.02 Å². The highest BCUT2D eigenvalue weighted by molar-refractivity contribution is 6.31. The minimum Gasteiger partial charge on any atom is -0.356 e. The van der Waals surface area contributed by atoms with Gasteiger partial charge in [-0.3, -0.25) is 4.79 Å². The Labute approximate surface area is 194 Å². The minimum absolute atomic E-state index is 0.0256. The van der Waals surface area contributed by atoms with Crippen LogP contribution in [0.1, 0.15) is 64.3 Å². The molecule has 1 unspecified atom stereocenters. The SMILES string of the molecule is CC(C)CC1c2[nH]c3ccc(Cl)cc3c2CCN1C(=O)C(C)(C)CN1CCC(F)(F)CC1. The molecule has 4 rings (SSSR count). The van der Waals surface area contributed by atoms with Gasteiger partial charge in [0.1, 0.15) is 0 Å². The Morgan fingerprint density at radius 3 is 2.59 bits per heavy atom. The van der Waals surface area contributed by atoms with Crippen LogP contribution in [0.15, 0.2) is 18.2 Å². The van der Waals surface area contributed by atoms with Gasteiger partial charge in [0.2, 0.25) is 5.91 Å². The number of likely N-dealkylation sites (tertiary alicyclic amines) is 1. The van der Waals surface area contributed by atoms with Crippen LogP contribution in [0.5, 0.6) is 0 Å². The second-order valence-corrected chi connectivity index (χ2v) is 11.1. The van der Waals surface area contributed by atoms with Gasteiger partial charge in [0.25, 0.3) is 5.92 Å². The molecule has 176 valence electrons. The van der Waals surface area contributed by atoms with Crippen molar-refractivity contribution in [3.63, 3.8) is 0 Å². The maximum Gasteiger partial charge on any atom is 0.250 e. The van der Waals surface area contributed by atoms with Gasteiger partial charge in [-0.1, -0.05) is 25.4 Å². The molecule has 0 bridgehead atoms. The van der Waals surface area contributed by atoms with E-state index in [9.17, 15) is 13.6 Å². The second-order valence-electron chi connectivity index (χ2n) is 10.6. The Bertz CT molecular complexity index is 990. The number of halogens is 3. The van der Waals surface area contributed by atoms with Gasteiger partial charge in [0.15, 0.2) is 0 Å². The van der Waals surface area contributed by atoms with Crippen molar-refractivity contribution in [2.24, 2.45) is 11.3 Å². The van der Waals surface area contributed by atoms with Crippen molar-refractivity contribution in [3.8, 4) is 0 Å². The first-order chi connectivity index (χ1) is 15.0. The van der Waals surface area contributed by atoms with E-state index in [2.05, 4.69) is 18.8 Å². The lowest BCUT2D eigenvalue weighted by Crippen LogP contribution is -2.52. The Morgan fingerprint density at radius 1 is 1.25 bits per heavy atom. The third-order valence-electron chi connectivity index (χ3n) is 6.95. The number of nitrogens with zero attached hydrogens (tertiary/aromatic N) is 2. The van der Waals surface area contributed by atoms with E-state index in [1.807, 2.05) is 41.8 Å². The van der Waals surface area contributed by atoms with E-state index in [1.165, 1.54) is 5.56 Å². The molecule has 32 heavy (non-hydrogen) atoms. The van der Waals surface area contributed by atoms with Crippen molar-refractivity contribution >= 4 is 28.4 Å². The van der Waals surface area contributed by atoms with Crippen LogP contribution in [0.3, 0.4) is 0 Å². The monoisotopic (exact) mass is 465 g/mol. The highest BCUT2D eigenvalue weighted by Gasteiger charge is 2.42. The van der Waals surface area contributed by atoms with Crippen LogP contribution in [-0.4, -0.2) is 52.8 Å². The fraction of sp³-hybridized carbons (Fsp3) is 0.640. The summed E-state index contributed by atoms with van der Waals surface area (Å²) in [5, 5.41) is 1.85. The van der Waals surface area contributed by atoms with Crippen molar-refractivity contribution in [3.05, 3.63) is 34.5 Å². The molecule has 2 aliphatic rings. The summed E-state index contributed by atoms with van der Waals surface area (Å²) < 4.78 is 27.1. The largest absolute Gasteiger partial charge is 0.356 e. The van der Waals surface area contributed by atoms with E-state index in [-0.39, 0.29) is 24.8 Å². The summed E-state index contributed by atoms with van der Waals surface area (Å²) in [7, 11) is 0. The van der Waals surface area contributed by atoms with Gasteiger partial charge < -0.3 is 14.8 Å². The third kappa shape index (κ3) is 4.67. The van der Waals surface area contributed by atoms with Crippen LogP contribution >= 0.6 is 11.6 Å². The average Bonchev–Trinajstić information content (AvgIpc) is 3.07. The lowest BCUT2D eigenvalue weighted by molar-refractivity contribution is -0.146. The van der Waals surface area contributed by atoms with Crippen LogP contribution in [0, 0.1) is 11.3 Å². The molecule has 1 saturated heterocycles. The van der Waals surface area contributed by atoms with E-state index >= 15 is 0 Å². The van der Waals surface area contributed by atoms with Gasteiger partial charge in [-0.15, -0.1) is 0 Å². The third-order valence-corrected chi connectivity index (χ3v) is 7.19. The van der Waals surface area contributed by atoms with Crippen LogP contribution < -0.4 is 0 Å². The minimum atomic E-state index is -2.57. The smallest absolute Gasteiger partial charge is 0.250 e. The van der Waals surface area contributed by atoms with Gasteiger partial charge in [-0.05, 0) is 56.4 Å². The first kappa shape index (κ1) is 23.5. The number of aromatic amines is 1. The molecule has 0 spiro atoms. The average molecular weight is 466 g/mol. The maximum atomic E-state index is 13.8. The quantitative estimate of drug-likeness (QED) is 0.583. The number of rotatable bonds is 5. The van der Waals surface area contributed by atoms with E-state index in [1.54, 1.807) is 0 Å². The topological polar surface area (TPSA) is 39.3 Å². The predicted molar refractivity (Wildman–Crippen MR) is 125 cm³/mol. The standard InChI is InChI=1S/C25H34ClF2N3O/c1-16(2)13-21-22-18(19-14-17(26)5-6-20(19)29-22)7-10-31(21)23(32)24(3,4)15-30-11-8-25(27,28)9-12-30/h5-6,14,16,21,29H,7-13,15H2,1-4H3. The van der Waals surface area contributed by atoms with E-state index in [0.29, 0.717) is 37.1 Å². The fourth-order valence-corrected chi connectivity index (χ4v) is 5.50. The number of hydrogen-bond acceptors (Lipinski definition) is 2. The number of fused-ring (bicyclic) bond motifs is 3. The van der Waals surface area contributed by atoms with E-state index < -0.39 is 11.3 Å². The Hall–Kier alpha value is -1.66. The Kier molecular flexibility index (Phi) is 6.32. The molecule has 2 aromatic rings. The molecule has 7 heteroatoms. The summed E-state index contributed by atoms with van der Waals surface area (Å²) in [6.45, 7) is 10.1. The molecule has 0 aliphatic carbocycles. The summed E-state index contributed by atoms with van der Waals surface area (Å²) in [6, 6.07) is 5.87. The summed E-state index contributed by atoms with van der Waals surface area (Å²) in [5.41, 5.74) is 2.78. The number of carbonyl (C=O) groups is 1. The number of aromatic nitrogens is 1. The molecule has 1 fully saturated rings. The number of H-pyrrole nitrogens is 1. The maximum absolute atomic E-state index is 13.8. The summed E-state index contributed by atoms with van der Waals surface area (Å²) >= 11 is 6.26. The summed E-state index contributed by atoms with van der Waals surface area (Å²) in [5.74, 6) is -2.05. The molecule has 3 heterocycles. The van der Waals surface area contributed by atoms with Crippen LogP contribution in [0.4, 0.5) is 8.78 Å². The normalized spacial score (nSPS) is 21.9. The molecule has 1 aromatic carbocycles. The molecule has 1 amide bonds. The molecule has 1 N–H and O–H groups in total. The molecular weight excluding hydrogens is 432 g/mol. The lowest BCUT2D eigenvalue weighted by Gasteiger charge is -2.43. The summed E-state index contributed by atoms with van der Waals surface area (Å²) in [4.78, 5) is 21.4. The number of alkyl halides is 2. The Morgan fingerprint density at radius 2 is 1.94 bits per heavy atom. The van der Waals surface area contributed by atoms with Gasteiger partial charge in [-0.25, -0.2) is 8.78 Å². The number of benzene rings is 1. The molecule has 1 atom stereocenters. The Balaban J connectivity index is 1.59. The number of carbonyl (C=O) groups excluding carboxylic acids is 1. The molecule has 1 aromatic heterocycles. The highest BCUT2D eigenvalue weighted by Crippen LogP contribution is 2.40. The van der Waals surface area contributed by atoms with Crippen LogP contribution in [0.25, 0.3) is 10.9 Å². The van der Waals surface area contributed by atoms with E-state index in [4.69, 9.17) is 11.6 Å². The van der Waals surface area contributed by atoms with Gasteiger partial charge in [-0.2, -0.15) is 0 Å². The fourth-order valence-electron chi connectivity index (χ4n) is 5.33. The highest BCUT2D eigenvalue weighted by atomic mass is 35.5. The first-order valence-corrected chi connectivity index (χ1v) is 12.1. The zero-order valence-corrected chi connectivity index (χ0v) is 20.2. The van der Waals surface area contributed by atoms with Gasteiger partial charge in [0.05, 0.1) is 11.5 Å². The van der Waals surface area contributed by atoms with Crippen molar-refractivity contribution in [2.45, 2.75) is 65.3 Å². The van der Waals surface area contributed by atoms with Crippen molar-refractivity contribution in [2.75, 3.05) is 26.2 Å². The first-order valence-electron chi connectivity index (χ1n) is 11.7. The summed E-state index contributed by atoms with van der Waals surface area (Å²) in [6.07, 6.45) is 1.39. The molecule has 2 aliphatic heterocycles. The zero-order chi connectivity index (χ0) is 23.3. The molecule has 4 nitrogen and oxygen atoms in total. The number of hydrogen-bond donors (Lipinski definition) is 1. The zero-order valence-electron chi connectivity index (χ0n) is 19.5. The molecule has 0 saturated carbocycles. The molecular formula is C25H34ClF2N3O. The van der Waals surface area contributed by atoms with Crippen molar-refractivity contribution in [1.82, 2.24) is 14.8 Å². The van der Waals surface area contributed by atoms with E-state index in [0.717, 1.165) is 29.4 Å². The predicted octanol–water partition coefficient (Wildman–Crippen LogP) is 6.05. The number of amides is 1. The van der Waals surface area contributed by atoms with Crippen molar-refractivity contribution in [1.29, 1.82) is 0 Å². The molecule has 0 radical (unpaired) electrons.